The van der Waals surface area contributed by atoms with E-state index in [2.05, 4.69) is 103 Å². The van der Waals surface area contributed by atoms with Gasteiger partial charge in [-0.25, -0.2) is 9.13 Å². The van der Waals surface area contributed by atoms with Crippen molar-refractivity contribution in [3.63, 3.8) is 0 Å². The molecule has 0 fully saturated rings. The molecule has 37 heavy (non-hydrogen) atoms. The number of imidazole rings is 1. The monoisotopic (exact) mass is 501 g/mol. The molecule has 2 aromatic carbocycles. The van der Waals surface area contributed by atoms with Crippen LogP contribution < -0.4 is 4.57 Å². The summed E-state index contributed by atoms with van der Waals surface area (Å²) in [5, 5.41) is 0. The molecule has 0 N–H and O–H groups in total. The van der Waals surface area contributed by atoms with Crippen molar-refractivity contribution >= 4 is 0 Å². The lowest BCUT2D eigenvalue weighted by Crippen LogP contribution is -2.33. The lowest BCUT2D eigenvalue weighted by molar-refractivity contribution is -0.679. The molecule has 0 amide bonds. The maximum atomic E-state index is 2.56. The fourth-order valence-electron chi connectivity index (χ4n) is 5.79. The molecule has 0 saturated heterocycles. The maximum Gasteiger partial charge on any atom is 0.256 e. The molecular weight excluding hydrogens is 448 g/mol. The average molecular weight is 502 g/mol. The number of benzene rings is 2. The Kier molecular flexibility index (Phi) is 13.6. The van der Waals surface area contributed by atoms with Crippen LogP contribution in [0.4, 0.5) is 0 Å². The number of rotatable bonds is 19. The van der Waals surface area contributed by atoms with E-state index in [4.69, 9.17) is 0 Å². The summed E-state index contributed by atoms with van der Waals surface area (Å²) < 4.78 is 4.91. The number of hydrogen-bond donors (Lipinski definition) is 0. The Labute approximate surface area is 228 Å². The van der Waals surface area contributed by atoms with Gasteiger partial charge >= 0.3 is 0 Å². The Balaban J connectivity index is 1.45. The minimum Gasteiger partial charge on any atom is -0.237 e. The van der Waals surface area contributed by atoms with Crippen molar-refractivity contribution in [2.24, 2.45) is 7.05 Å². The van der Waals surface area contributed by atoms with Gasteiger partial charge in [0, 0.05) is 6.42 Å². The van der Waals surface area contributed by atoms with E-state index >= 15 is 0 Å². The molecular formula is C35H53N2+. The third-order valence-electron chi connectivity index (χ3n) is 8.17. The van der Waals surface area contributed by atoms with E-state index in [1.807, 2.05) is 0 Å². The van der Waals surface area contributed by atoms with Crippen molar-refractivity contribution in [1.29, 1.82) is 0 Å². The summed E-state index contributed by atoms with van der Waals surface area (Å²) in [4.78, 5) is 0. The van der Waals surface area contributed by atoms with Gasteiger partial charge < -0.3 is 0 Å². The van der Waals surface area contributed by atoms with Gasteiger partial charge in [-0.1, -0.05) is 132 Å². The van der Waals surface area contributed by atoms with Gasteiger partial charge in [0.2, 0.25) is 0 Å². The second-order valence-corrected chi connectivity index (χ2v) is 11.2. The lowest BCUT2D eigenvalue weighted by Gasteiger charge is -2.18. The maximum absolute atomic E-state index is 2.56. The Morgan fingerprint density at radius 1 is 0.703 bits per heavy atom. The normalized spacial score (nSPS) is 13.1. The largest absolute Gasteiger partial charge is 0.256 e. The van der Waals surface area contributed by atoms with Gasteiger partial charge in [-0.15, -0.1) is 0 Å². The highest BCUT2D eigenvalue weighted by Gasteiger charge is 2.22. The van der Waals surface area contributed by atoms with Gasteiger partial charge in [-0.2, -0.15) is 0 Å². The molecule has 0 aliphatic heterocycles. The number of hydrogen-bond acceptors (Lipinski definition) is 0. The molecule has 2 heteroatoms. The predicted octanol–water partition coefficient (Wildman–Crippen LogP) is 9.53. The first kappa shape index (κ1) is 29.2. The van der Waals surface area contributed by atoms with E-state index in [1.165, 1.54) is 100 Å². The predicted molar refractivity (Wildman–Crippen MR) is 159 cm³/mol. The van der Waals surface area contributed by atoms with Crippen LogP contribution in [0.1, 0.15) is 126 Å². The van der Waals surface area contributed by atoms with Crippen LogP contribution in [0.3, 0.4) is 0 Å². The standard InChI is InChI=1S/C35H53N2/c1-4-5-6-7-8-9-10-11-12-13-16-21-31(2)37-29-28-36(3)35(37)27-26-34(33-24-19-15-20-25-33)30-32-22-17-14-18-23-32/h14-15,17-20,22-25,28-29,31,34H,4-13,16,21,26-27,30H2,1-3H3/q+1. The molecule has 0 aliphatic rings. The second kappa shape index (κ2) is 17.2. The van der Waals surface area contributed by atoms with E-state index < -0.39 is 0 Å². The molecule has 3 rings (SSSR count). The molecule has 1 aromatic heterocycles. The van der Waals surface area contributed by atoms with Crippen LogP contribution in [-0.4, -0.2) is 4.57 Å². The molecule has 0 radical (unpaired) electrons. The Bertz CT molecular complexity index is 959. The molecule has 0 bridgehead atoms. The molecule has 3 aromatic rings. The van der Waals surface area contributed by atoms with Gasteiger partial charge in [-0.05, 0) is 49.7 Å². The highest BCUT2D eigenvalue weighted by atomic mass is 15.1. The smallest absolute Gasteiger partial charge is 0.237 e. The molecule has 2 atom stereocenters. The van der Waals surface area contributed by atoms with Crippen molar-refractivity contribution in [2.45, 2.75) is 122 Å². The van der Waals surface area contributed by atoms with E-state index in [0.29, 0.717) is 12.0 Å². The Hall–Kier alpha value is -2.35. The first-order valence-corrected chi connectivity index (χ1v) is 15.3. The van der Waals surface area contributed by atoms with Crippen LogP contribution in [0.5, 0.6) is 0 Å². The molecule has 2 unspecified atom stereocenters. The zero-order chi connectivity index (χ0) is 26.1. The molecule has 0 aliphatic carbocycles. The fourth-order valence-corrected chi connectivity index (χ4v) is 5.79. The quantitative estimate of drug-likeness (QED) is 0.114. The van der Waals surface area contributed by atoms with Crippen molar-refractivity contribution in [2.75, 3.05) is 0 Å². The van der Waals surface area contributed by atoms with E-state index in [-0.39, 0.29) is 0 Å². The van der Waals surface area contributed by atoms with Crippen LogP contribution >= 0.6 is 0 Å². The van der Waals surface area contributed by atoms with E-state index in [0.717, 1.165) is 12.8 Å². The third kappa shape index (κ3) is 10.5. The zero-order valence-electron chi connectivity index (χ0n) is 24.1. The summed E-state index contributed by atoms with van der Waals surface area (Å²) in [7, 11) is 2.22. The Morgan fingerprint density at radius 2 is 1.27 bits per heavy atom. The molecule has 2 nitrogen and oxygen atoms in total. The van der Waals surface area contributed by atoms with Crippen LogP contribution in [0.2, 0.25) is 0 Å². The van der Waals surface area contributed by atoms with Crippen molar-refractivity contribution in [3.05, 3.63) is 90.0 Å². The fraction of sp³-hybridized carbons (Fsp3) is 0.571. The van der Waals surface area contributed by atoms with Crippen molar-refractivity contribution in [1.82, 2.24) is 4.57 Å². The lowest BCUT2D eigenvalue weighted by atomic mass is 9.88. The highest BCUT2D eigenvalue weighted by molar-refractivity contribution is 5.24. The minimum absolute atomic E-state index is 0.536. The van der Waals surface area contributed by atoms with Crippen LogP contribution in [0.25, 0.3) is 0 Å². The summed E-state index contributed by atoms with van der Waals surface area (Å²) in [5.41, 5.74) is 2.89. The summed E-state index contributed by atoms with van der Waals surface area (Å²) in [5.74, 6) is 2.00. The molecule has 202 valence electrons. The van der Waals surface area contributed by atoms with Crippen molar-refractivity contribution < 1.29 is 4.57 Å². The number of aromatic nitrogens is 2. The highest BCUT2D eigenvalue weighted by Crippen LogP contribution is 2.27. The average Bonchev–Trinajstić information content (AvgIpc) is 3.30. The van der Waals surface area contributed by atoms with Gasteiger partial charge in [-0.3, -0.25) is 0 Å². The first-order chi connectivity index (χ1) is 18.2. The zero-order valence-corrected chi connectivity index (χ0v) is 24.1. The Morgan fingerprint density at radius 3 is 1.89 bits per heavy atom. The van der Waals surface area contributed by atoms with E-state index in [9.17, 15) is 0 Å². The molecule has 0 saturated carbocycles. The number of aryl methyl sites for hydroxylation is 1. The SMILES string of the molecule is CCCCCCCCCCCCCC(C)n1cc[n+](C)c1CCC(Cc1ccccc1)c1ccccc1. The number of nitrogens with zero attached hydrogens (tertiary/aromatic N) is 2. The summed E-state index contributed by atoms with van der Waals surface area (Å²) >= 11 is 0. The van der Waals surface area contributed by atoms with Crippen LogP contribution in [0.15, 0.2) is 73.1 Å². The van der Waals surface area contributed by atoms with Crippen LogP contribution in [-0.2, 0) is 19.9 Å². The number of unbranched alkanes of at least 4 members (excludes halogenated alkanes) is 10. The van der Waals surface area contributed by atoms with Crippen LogP contribution in [0, 0.1) is 0 Å². The van der Waals surface area contributed by atoms with Gasteiger partial charge in [0.1, 0.15) is 12.4 Å². The third-order valence-corrected chi connectivity index (χ3v) is 8.17. The van der Waals surface area contributed by atoms with Gasteiger partial charge in [0.05, 0.1) is 13.1 Å². The molecule has 1 heterocycles. The van der Waals surface area contributed by atoms with Gasteiger partial charge in [0.15, 0.2) is 0 Å². The minimum atomic E-state index is 0.536. The summed E-state index contributed by atoms with van der Waals surface area (Å²) in [6.45, 7) is 4.71. The topological polar surface area (TPSA) is 8.81 Å². The first-order valence-electron chi connectivity index (χ1n) is 15.3. The summed E-state index contributed by atoms with van der Waals surface area (Å²) in [6.07, 6.45) is 24.8. The van der Waals surface area contributed by atoms with E-state index in [1.54, 1.807) is 0 Å². The summed E-state index contributed by atoms with van der Waals surface area (Å²) in [6, 6.07) is 22.7. The van der Waals surface area contributed by atoms with Gasteiger partial charge in [0.25, 0.3) is 5.82 Å². The van der Waals surface area contributed by atoms with Crippen molar-refractivity contribution in [3.8, 4) is 0 Å². The second-order valence-electron chi connectivity index (χ2n) is 11.2. The molecule has 0 spiro atoms.